The Hall–Kier alpha value is -3.15. The lowest BCUT2D eigenvalue weighted by Gasteiger charge is -2.32. The molecule has 3 N–H and O–H groups in total. The first-order valence-corrected chi connectivity index (χ1v) is 9.46. The third-order valence-corrected chi connectivity index (χ3v) is 5.16. The molecule has 0 bridgehead atoms. The second kappa shape index (κ2) is 8.69. The Morgan fingerprint density at radius 3 is 2.18 bits per heavy atom. The molecule has 1 saturated heterocycles. The Labute approximate surface area is 164 Å². The largest absolute Gasteiger partial charge is 0.368 e. The molecule has 0 spiro atoms. The Morgan fingerprint density at radius 1 is 1.00 bits per heavy atom. The summed E-state index contributed by atoms with van der Waals surface area (Å²) in [7, 11) is 0. The number of piperidine rings is 1. The van der Waals surface area contributed by atoms with Gasteiger partial charge in [0, 0.05) is 24.6 Å². The summed E-state index contributed by atoms with van der Waals surface area (Å²) in [6.07, 6.45) is 1.12. The lowest BCUT2D eigenvalue weighted by atomic mass is 9.94. The highest BCUT2D eigenvalue weighted by Crippen LogP contribution is 2.21. The number of benzene rings is 2. The van der Waals surface area contributed by atoms with Gasteiger partial charge in [-0.15, -0.1) is 0 Å². The van der Waals surface area contributed by atoms with Gasteiger partial charge in [0.05, 0.1) is 0 Å². The summed E-state index contributed by atoms with van der Waals surface area (Å²) in [4.78, 5) is 38.8. The van der Waals surface area contributed by atoms with E-state index in [0.717, 1.165) is 5.56 Å². The monoisotopic (exact) mass is 379 g/mol. The number of hydrogen-bond acceptors (Lipinski definition) is 3. The highest BCUT2D eigenvalue weighted by Gasteiger charge is 2.30. The van der Waals surface area contributed by atoms with Crippen LogP contribution in [0.15, 0.2) is 54.6 Å². The summed E-state index contributed by atoms with van der Waals surface area (Å²) in [6.45, 7) is 3.00. The van der Waals surface area contributed by atoms with E-state index >= 15 is 0 Å². The van der Waals surface area contributed by atoms with Gasteiger partial charge in [0.2, 0.25) is 11.8 Å². The first-order valence-electron chi connectivity index (χ1n) is 9.46. The van der Waals surface area contributed by atoms with Crippen molar-refractivity contribution in [2.45, 2.75) is 25.8 Å². The fraction of sp³-hybridized carbons (Fsp3) is 0.318. The third kappa shape index (κ3) is 4.57. The van der Waals surface area contributed by atoms with Gasteiger partial charge in [-0.05, 0) is 37.5 Å². The van der Waals surface area contributed by atoms with E-state index < -0.39 is 11.9 Å². The number of rotatable bonds is 5. The van der Waals surface area contributed by atoms with Crippen molar-refractivity contribution in [3.05, 3.63) is 71.3 Å². The summed E-state index contributed by atoms with van der Waals surface area (Å²) in [6, 6.07) is 15.6. The maximum atomic E-state index is 12.6. The van der Waals surface area contributed by atoms with Gasteiger partial charge in [-0.1, -0.05) is 48.0 Å². The number of amides is 3. The molecule has 0 aromatic heterocycles. The van der Waals surface area contributed by atoms with Crippen molar-refractivity contribution in [2.75, 3.05) is 13.1 Å². The fourth-order valence-electron chi connectivity index (χ4n) is 3.45. The van der Waals surface area contributed by atoms with Crippen LogP contribution < -0.4 is 11.1 Å². The van der Waals surface area contributed by atoms with E-state index in [4.69, 9.17) is 5.73 Å². The van der Waals surface area contributed by atoms with Gasteiger partial charge in [0.15, 0.2) is 0 Å². The molecule has 0 saturated carbocycles. The third-order valence-electron chi connectivity index (χ3n) is 5.16. The van der Waals surface area contributed by atoms with Gasteiger partial charge < -0.3 is 16.0 Å². The van der Waals surface area contributed by atoms with Crippen LogP contribution in [-0.2, 0) is 9.59 Å². The number of carbonyl (C=O) groups is 3. The smallest absolute Gasteiger partial charge is 0.253 e. The van der Waals surface area contributed by atoms with Crippen molar-refractivity contribution >= 4 is 17.7 Å². The zero-order chi connectivity index (χ0) is 20.1. The number of nitrogens with zero attached hydrogens (tertiary/aromatic N) is 1. The van der Waals surface area contributed by atoms with Crippen LogP contribution in [0.5, 0.6) is 0 Å². The molecule has 0 radical (unpaired) electrons. The number of carbonyl (C=O) groups excluding carboxylic acids is 3. The zero-order valence-electron chi connectivity index (χ0n) is 15.9. The molecule has 1 atom stereocenters. The van der Waals surface area contributed by atoms with Gasteiger partial charge >= 0.3 is 0 Å². The minimum atomic E-state index is -0.846. The normalized spacial score (nSPS) is 15.7. The molecule has 2 aromatic rings. The predicted octanol–water partition coefficient (Wildman–Crippen LogP) is 2.19. The van der Waals surface area contributed by atoms with Crippen LogP contribution in [0.25, 0.3) is 0 Å². The van der Waals surface area contributed by atoms with Gasteiger partial charge in [-0.3, -0.25) is 14.4 Å². The summed E-state index contributed by atoms with van der Waals surface area (Å²) in [5, 5.41) is 2.77. The van der Waals surface area contributed by atoms with Crippen LogP contribution in [0.3, 0.4) is 0 Å². The van der Waals surface area contributed by atoms with Crippen molar-refractivity contribution in [1.82, 2.24) is 10.2 Å². The quantitative estimate of drug-likeness (QED) is 0.834. The first kappa shape index (κ1) is 19.6. The highest BCUT2D eigenvalue weighted by atomic mass is 16.2. The zero-order valence-corrected chi connectivity index (χ0v) is 15.9. The van der Waals surface area contributed by atoms with Gasteiger partial charge in [0.25, 0.3) is 5.91 Å². The second-order valence-corrected chi connectivity index (χ2v) is 7.19. The maximum absolute atomic E-state index is 12.6. The van der Waals surface area contributed by atoms with Crippen LogP contribution in [0.4, 0.5) is 0 Å². The number of hydrogen-bond donors (Lipinski definition) is 2. The summed E-state index contributed by atoms with van der Waals surface area (Å²) in [5.41, 5.74) is 7.90. The number of primary amides is 1. The van der Waals surface area contributed by atoms with Crippen LogP contribution >= 0.6 is 0 Å². The van der Waals surface area contributed by atoms with Crippen LogP contribution in [0.2, 0.25) is 0 Å². The standard InChI is InChI=1S/C22H25N3O3/c1-15-7-9-18(10-8-15)22(28)25-13-11-17(12-14-25)21(27)24-19(20(23)26)16-5-3-2-4-6-16/h2-10,17,19H,11-14H2,1H3,(H2,23,26)(H,24,27)/t19-/m0/s1. The molecule has 146 valence electrons. The number of nitrogens with two attached hydrogens (primary N) is 1. The van der Waals surface area contributed by atoms with Gasteiger partial charge in [0.1, 0.15) is 6.04 Å². The Balaban J connectivity index is 1.58. The second-order valence-electron chi connectivity index (χ2n) is 7.19. The molecule has 1 fully saturated rings. The predicted molar refractivity (Wildman–Crippen MR) is 106 cm³/mol. The van der Waals surface area contributed by atoms with E-state index in [0.29, 0.717) is 37.1 Å². The van der Waals surface area contributed by atoms with Crippen molar-refractivity contribution in [2.24, 2.45) is 11.7 Å². The van der Waals surface area contributed by atoms with E-state index in [-0.39, 0.29) is 17.7 Å². The lowest BCUT2D eigenvalue weighted by molar-refractivity contribution is -0.131. The number of likely N-dealkylation sites (tertiary alicyclic amines) is 1. The average Bonchev–Trinajstić information content (AvgIpc) is 2.72. The Bertz CT molecular complexity index is 841. The van der Waals surface area contributed by atoms with Crippen LogP contribution in [-0.4, -0.2) is 35.7 Å². The topological polar surface area (TPSA) is 92.5 Å². The molecule has 3 amide bonds. The summed E-state index contributed by atoms with van der Waals surface area (Å²) in [5.74, 6) is -1.05. The first-order chi connectivity index (χ1) is 13.5. The van der Waals surface area contributed by atoms with E-state index in [2.05, 4.69) is 5.32 Å². The van der Waals surface area contributed by atoms with Gasteiger partial charge in [-0.25, -0.2) is 0 Å². The molecular formula is C22H25N3O3. The molecule has 6 nitrogen and oxygen atoms in total. The number of nitrogens with one attached hydrogen (secondary N) is 1. The molecule has 1 aliphatic rings. The molecule has 3 rings (SSSR count). The van der Waals surface area contributed by atoms with E-state index in [1.54, 1.807) is 29.2 Å². The minimum absolute atomic E-state index is 0.0156. The summed E-state index contributed by atoms with van der Waals surface area (Å²) >= 11 is 0. The minimum Gasteiger partial charge on any atom is -0.368 e. The van der Waals surface area contributed by atoms with E-state index in [1.807, 2.05) is 37.3 Å². The Kier molecular flexibility index (Phi) is 6.09. The molecule has 2 aromatic carbocycles. The van der Waals surface area contributed by atoms with Crippen LogP contribution in [0, 0.1) is 12.8 Å². The maximum Gasteiger partial charge on any atom is 0.253 e. The SMILES string of the molecule is Cc1ccc(C(=O)N2CCC(C(=O)N[C@H](C(N)=O)c3ccccc3)CC2)cc1. The van der Waals surface area contributed by atoms with Crippen molar-refractivity contribution < 1.29 is 14.4 Å². The van der Waals surface area contributed by atoms with Crippen molar-refractivity contribution in [1.29, 1.82) is 0 Å². The van der Waals surface area contributed by atoms with Crippen molar-refractivity contribution in [3.8, 4) is 0 Å². The molecule has 1 heterocycles. The number of aryl methyl sites for hydroxylation is 1. The average molecular weight is 379 g/mol. The summed E-state index contributed by atoms with van der Waals surface area (Å²) < 4.78 is 0. The lowest BCUT2D eigenvalue weighted by Crippen LogP contribution is -2.45. The molecule has 6 heteroatoms. The fourth-order valence-corrected chi connectivity index (χ4v) is 3.45. The Morgan fingerprint density at radius 2 is 1.61 bits per heavy atom. The van der Waals surface area contributed by atoms with Crippen LogP contribution in [0.1, 0.15) is 40.4 Å². The van der Waals surface area contributed by atoms with E-state index in [1.165, 1.54) is 0 Å². The molecule has 28 heavy (non-hydrogen) atoms. The van der Waals surface area contributed by atoms with E-state index in [9.17, 15) is 14.4 Å². The molecular weight excluding hydrogens is 354 g/mol. The molecule has 0 aliphatic carbocycles. The van der Waals surface area contributed by atoms with Gasteiger partial charge in [-0.2, -0.15) is 0 Å². The van der Waals surface area contributed by atoms with Crippen molar-refractivity contribution in [3.63, 3.8) is 0 Å². The highest BCUT2D eigenvalue weighted by molar-refractivity contribution is 5.94. The molecule has 1 aliphatic heterocycles. The molecule has 0 unspecified atom stereocenters.